The summed E-state index contributed by atoms with van der Waals surface area (Å²) in [6, 6.07) is 13.6. The monoisotopic (exact) mass is 481 g/mol. The van der Waals surface area contributed by atoms with Gasteiger partial charge >= 0.3 is 0 Å². The van der Waals surface area contributed by atoms with Crippen molar-refractivity contribution in [2.45, 2.75) is 56.4 Å². The third kappa shape index (κ3) is 4.39. The molecule has 180 valence electrons. The first kappa shape index (κ1) is 24.1. The molecular weight excluding hydrogens is 450 g/mol. The molecule has 0 bridgehead atoms. The minimum Gasteiger partial charge on any atom is -0.497 e. The fourth-order valence-corrected chi connectivity index (χ4v) is 6.20. The molecule has 3 amide bonds. The fourth-order valence-electron chi connectivity index (χ4n) is 4.61. The lowest BCUT2D eigenvalue weighted by atomic mass is 9.98. The van der Waals surface area contributed by atoms with Gasteiger partial charge in [0.15, 0.2) is 0 Å². The molecule has 0 aliphatic carbocycles. The van der Waals surface area contributed by atoms with Crippen LogP contribution < -0.4 is 15.4 Å². The highest BCUT2D eigenvalue weighted by Crippen LogP contribution is 2.56. The highest BCUT2D eigenvalue weighted by Gasteiger charge is 2.57. The second-order valence-corrected chi connectivity index (χ2v) is 11.3. The first-order valence-electron chi connectivity index (χ1n) is 11.4. The van der Waals surface area contributed by atoms with E-state index in [2.05, 4.69) is 10.6 Å². The average Bonchev–Trinajstić information content (AvgIpc) is 3.24. The van der Waals surface area contributed by atoms with Gasteiger partial charge < -0.3 is 20.3 Å². The van der Waals surface area contributed by atoms with Gasteiger partial charge in [0.25, 0.3) is 5.91 Å². The molecule has 1 saturated heterocycles. The van der Waals surface area contributed by atoms with Gasteiger partial charge in [-0.3, -0.25) is 14.4 Å². The molecule has 7 nitrogen and oxygen atoms in total. The van der Waals surface area contributed by atoms with Gasteiger partial charge in [0.1, 0.15) is 23.2 Å². The number of benzene rings is 2. The zero-order valence-corrected chi connectivity index (χ0v) is 20.9. The van der Waals surface area contributed by atoms with Gasteiger partial charge in [0, 0.05) is 16.9 Å². The van der Waals surface area contributed by atoms with Crippen LogP contribution in [0.4, 0.5) is 0 Å². The number of hydrogen-bond acceptors (Lipinski definition) is 5. The maximum atomic E-state index is 13.6. The highest BCUT2D eigenvalue weighted by atomic mass is 32.2. The van der Waals surface area contributed by atoms with E-state index in [-0.39, 0.29) is 29.0 Å². The fraction of sp³-hybridized carbons (Fsp3) is 0.423. The predicted octanol–water partition coefficient (Wildman–Crippen LogP) is 3.50. The predicted molar refractivity (Wildman–Crippen MR) is 132 cm³/mol. The van der Waals surface area contributed by atoms with Crippen LogP contribution in [0.1, 0.15) is 54.6 Å². The number of thioether (sulfide) groups is 1. The quantitative estimate of drug-likeness (QED) is 0.632. The lowest BCUT2D eigenvalue weighted by Gasteiger charge is -2.32. The number of methoxy groups -OCH3 is 1. The Bertz CT molecular complexity index is 1100. The van der Waals surface area contributed by atoms with E-state index in [4.69, 9.17) is 4.74 Å². The van der Waals surface area contributed by atoms with Crippen LogP contribution in [-0.2, 0) is 16.1 Å². The zero-order valence-electron chi connectivity index (χ0n) is 20.1. The van der Waals surface area contributed by atoms with E-state index in [1.807, 2.05) is 76.2 Å². The number of nitrogens with one attached hydrogen (secondary N) is 2. The Hall–Kier alpha value is -3.00. The molecule has 3 unspecified atom stereocenters. The highest BCUT2D eigenvalue weighted by molar-refractivity contribution is 8.01. The van der Waals surface area contributed by atoms with Crippen molar-refractivity contribution < 1.29 is 19.1 Å². The number of hydrogen-bond donors (Lipinski definition) is 2. The van der Waals surface area contributed by atoms with Gasteiger partial charge in [-0.25, -0.2) is 0 Å². The molecule has 2 N–H and O–H groups in total. The number of ether oxygens (including phenoxy) is 1. The van der Waals surface area contributed by atoms with Crippen molar-refractivity contribution in [2.24, 2.45) is 5.92 Å². The van der Waals surface area contributed by atoms with Gasteiger partial charge in [0.05, 0.1) is 7.11 Å². The summed E-state index contributed by atoms with van der Waals surface area (Å²) in [4.78, 5) is 41.4. The Morgan fingerprint density at radius 1 is 1.12 bits per heavy atom. The van der Waals surface area contributed by atoms with Crippen LogP contribution in [0.5, 0.6) is 5.75 Å². The number of carbonyl (C=O) groups excluding carboxylic acids is 3. The lowest BCUT2D eigenvalue weighted by molar-refractivity contribution is -0.132. The molecule has 4 rings (SSSR count). The molecule has 0 radical (unpaired) electrons. The summed E-state index contributed by atoms with van der Waals surface area (Å²) in [5.41, 5.74) is 2.52. The van der Waals surface area contributed by atoms with E-state index < -0.39 is 16.8 Å². The molecule has 2 aromatic rings. The van der Waals surface area contributed by atoms with Crippen molar-refractivity contribution >= 4 is 29.5 Å². The van der Waals surface area contributed by atoms with E-state index in [1.165, 1.54) is 0 Å². The van der Waals surface area contributed by atoms with Crippen molar-refractivity contribution in [1.82, 2.24) is 15.5 Å². The topological polar surface area (TPSA) is 87.7 Å². The largest absolute Gasteiger partial charge is 0.497 e. The van der Waals surface area contributed by atoms with Crippen LogP contribution in [0.2, 0.25) is 0 Å². The third-order valence-electron chi connectivity index (χ3n) is 6.42. The molecule has 2 heterocycles. The van der Waals surface area contributed by atoms with E-state index >= 15 is 0 Å². The Morgan fingerprint density at radius 2 is 1.79 bits per heavy atom. The molecule has 8 heteroatoms. The molecule has 2 aliphatic heterocycles. The van der Waals surface area contributed by atoms with E-state index in [0.29, 0.717) is 12.1 Å². The Labute approximate surface area is 204 Å². The minimum atomic E-state index is -0.717. The van der Waals surface area contributed by atoms with E-state index in [0.717, 1.165) is 16.9 Å². The molecule has 34 heavy (non-hydrogen) atoms. The van der Waals surface area contributed by atoms with Crippen LogP contribution in [0.3, 0.4) is 0 Å². The maximum absolute atomic E-state index is 13.6. The maximum Gasteiger partial charge on any atom is 0.256 e. The molecule has 0 aromatic heterocycles. The van der Waals surface area contributed by atoms with Crippen molar-refractivity contribution in [3.05, 3.63) is 65.2 Å². The number of carbonyl (C=O) groups is 3. The van der Waals surface area contributed by atoms with Crippen molar-refractivity contribution in [3.63, 3.8) is 0 Å². The Balaban J connectivity index is 1.47. The van der Waals surface area contributed by atoms with Crippen molar-refractivity contribution in [1.29, 1.82) is 0 Å². The standard InChI is InChI=1S/C26H31N3O4S/c1-15(2)20(22(30)27-14-16-10-12-17(33-5)13-11-16)28-23(31)21-26(3,4)34-25-19-9-7-6-8-18(19)24(32)29(21)25/h6-13,15,20-21,25H,14H2,1-5H3,(H,27,30)(H,28,31). The number of nitrogens with zero attached hydrogens (tertiary/aromatic N) is 1. The molecular formula is C26H31N3O4S. The number of fused-ring (bicyclic) bond motifs is 3. The SMILES string of the molecule is COc1ccc(CNC(=O)C(NC(=O)C2N3C(=O)c4ccccc4C3SC2(C)C)C(C)C)cc1. The van der Waals surface area contributed by atoms with Crippen LogP contribution >= 0.6 is 11.8 Å². The van der Waals surface area contributed by atoms with Crippen LogP contribution in [0, 0.1) is 5.92 Å². The van der Waals surface area contributed by atoms with Gasteiger partial charge in [-0.2, -0.15) is 0 Å². The van der Waals surface area contributed by atoms with Gasteiger partial charge in [0.2, 0.25) is 11.8 Å². The lowest BCUT2D eigenvalue weighted by Crippen LogP contribution is -2.58. The number of amides is 3. The molecule has 1 fully saturated rings. The molecule has 3 atom stereocenters. The first-order chi connectivity index (χ1) is 16.1. The molecule has 0 spiro atoms. The van der Waals surface area contributed by atoms with Gasteiger partial charge in [-0.15, -0.1) is 11.8 Å². The average molecular weight is 482 g/mol. The van der Waals surface area contributed by atoms with E-state index in [9.17, 15) is 14.4 Å². The van der Waals surface area contributed by atoms with Crippen molar-refractivity contribution in [2.75, 3.05) is 7.11 Å². The summed E-state index contributed by atoms with van der Waals surface area (Å²) in [7, 11) is 1.60. The Morgan fingerprint density at radius 3 is 2.44 bits per heavy atom. The zero-order chi connectivity index (χ0) is 24.6. The summed E-state index contributed by atoms with van der Waals surface area (Å²) in [6.45, 7) is 8.08. The molecule has 0 saturated carbocycles. The van der Waals surface area contributed by atoms with Gasteiger partial charge in [-0.05, 0) is 49.1 Å². The van der Waals surface area contributed by atoms with E-state index in [1.54, 1.807) is 23.8 Å². The Kier molecular flexibility index (Phi) is 6.62. The number of rotatable bonds is 7. The summed E-state index contributed by atoms with van der Waals surface area (Å²) in [5.74, 6) is -0.0749. The third-order valence-corrected chi connectivity index (χ3v) is 7.95. The second kappa shape index (κ2) is 9.33. The van der Waals surface area contributed by atoms with Crippen LogP contribution in [-0.4, -0.2) is 46.6 Å². The summed E-state index contributed by atoms with van der Waals surface area (Å²) in [6.07, 6.45) is 0. The van der Waals surface area contributed by atoms with Gasteiger partial charge in [-0.1, -0.05) is 44.2 Å². The minimum absolute atomic E-state index is 0.126. The summed E-state index contributed by atoms with van der Waals surface area (Å²) >= 11 is 1.61. The molecule has 2 aliphatic rings. The first-order valence-corrected chi connectivity index (χ1v) is 12.3. The molecule has 2 aromatic carbocycles. The summed E-state index contributed by atoms with van der Waals surface area (Å²) in [5, 5.41) is 5.68. The van der Waals surface area contributed by atoms with Crippen molar-refractivity contribution in [3.8, 4) is 5.75 Å². The van der Waals surface area contributed by atoms with Crippen LogP contribution in [0.25, 0.3) is 0 Å². The van der Waals surface area contributed by atoms with Crippen LogP contribution in [0.15, 0.2) is 48.5 Å². The smallest absolute Gasteiger partial charge is 0.256 e. The normalized spacial score (nSPS) is 21.1. The second-order valence-electron chi connectivity index (χ2n) is 9.57. The summed E-state index contributed by atoms with van der Waals surface area (Å²) < 4.78 is 4.67.